The van der Waals surface area contributed by atoms with Gasteiger partial charge in [-0.05, 0) is 17.7 Å². The summed E-state index contributed by atoms with van der Waals surface area (Å²) in [5, 5.41) is 3.22. The van der Waals surface area contributed by atoms with Crippen LogP contribution in [0, 0.1) is 11.6 Å². The molecule has 0 saturated carbocycles. The Kier molecular flexibility index (Phi) is 5.20. The molecule has 0 spiro atoms. The summed E-state index contributed by atoms with van der Waals surface area (Å²) in [6.45, 7) is 2.48. The van der Waals surface area contributed by atoms with Gasteiger partial charge in [-0.2, -0.15) is 0 Å². The molecular formula is C14H17F2N3O. The highest BCUT2D eigenvalue weighted by Crippen LogP contribution is 2.11. The Bertz CT molecular complexity index is 557. The van der Waals surface area contributed by atoms with Crippen molar-refractivity contribution in [2.24, 2.45) is 0 Å². The van der Waals surface area contributed by atoms with Crippen molar-refractivity contribution in [1.82, 2.24) is 14.9 Å². The van der Waals surface area contributed by atoms with E-state index in [1.807, 2.05) is 4.57 Å². The van der Waals surface area contributed by atoms with Crippen molar-refractivity contribution >= 4 is 0 Å². The van der Waals surface area contributed by atoms with Crippen LogP contribution in [0.25, 0.3) is 0 Å². The lowest BCUT2D eigenvalue weighted by Gasteiger charge is -2.09. The highest BCUT2D eigenvalue weighted by Gasteiger charge is 2.06. The second-order valence-electron chi connectivity index (χ2n) is 4.43. The maximum Gasteiger partial charge on any atom is 0.159 e. The van der Waals surface area contributed by atoms with E-state index in [0.717, 1.165) is 18.3 Å². The lowest BCUT2D eigenvalue weighted by molar-refractivity contribution is 0.199. The van der Waals surface area contributed by atoms with Crippen LogP contribution in [0.15, 0.2) is 30.7 Å². The predicted molar refractivity (Wildman–Crippen MR) is 71.3 cm³/mol. The molecule has 0 fully saturated rings. The fourth-order valence-corrected chi connectivity index (χ4v) is 1.86. The normalized spacial score (nSPS) is 10.9. The number of nitrogens with zero attached hydrogens (tertiary/aromatic N) is 2. The summed E-state index contributed by atoms with van der Waals surface area (Å²) >= 11 is 0. The van der Waals surface area contributed by atoms with Crippen molar-refractivity contribution in [3.63, 3.8) is 0 Å². The molecule has 1 aromatic carbocycles. The Morgan fingerprint density at radius 2 is 2.15 bits per heavy atom. The van der Waals surface area contributed by atoms with Crippen molar-refractivity contribution < 1.29 is 13.5 Å². The van der Waals surface area contributed by atoms with E-state index in [1.54, 1.807) is 25.7 Å². The summed E-state index contributed by atoms with van der Waals surface area (Å²) in [6.07, 6.45) is 3.42. The number of ether oxygens (including phenoxy) is 1. The largest absolute Gasteiger partial charge is 0.383 e. The molecule has 2 rings (SSSR count). The molecule has 1 heterocycles. The fourth-order valence-electron chi connectivity index (χ4n) is 1.86. The van der Waals surface area contributed by atoms with E-state index >= 15 is 0 Å². The highest BCUT2D eigenvalue weighted by atomic mass is 19.2. The van der Waals surface area contributed by atoms with E-state index in [2.05, 4.69) is 10.3 Å². The summed E-state index contributed by atoms with van der Waals surface area (Å²) in [4.78, 5) is 4.08. The van der Waals surface area contributed by atoms with Gasteiger partial charge in [-0.1, -0.05) is 6.07 Å². The van der Waals surface area contributed by atoms with Gasteiger partial charge in [-0.3, -0.25) is 0 Å². The molecule has 4 nitrogen and oxygen atoms in total. The Balaban J connectivity index is 1.99. The molecular weight excluding hydrogens is 264 g/mol. The SMILES string of the molecule is COCCNCc1cncn1Cc1ccc(F)c(F)c1. The maximum atomic E-state index is 13.2. The average molecular weight is 281 g/mol. The lowest BCUT2D eigenvalue weighted by Crippen LogP contribution is -2.20. The molecule has 0 amide bonds. The summed E-state index contributed by atoms with van der Waals surface area (Å²) in [7, 11) is 1.65. The highest BCUT2D eigenvalue weighted by molar-refractivity contribution is 5.19. The predicted octanol–water partition coefficient (Wildman–Crippen LogP) is 1.95. The lowest BCUT2D eigenvalue weighted by atomic mass is 10.2. The molecule has 0 radical (unpaired) electrons. The molecule has 0 aliphatic heterocycles. The molecule has 0 atom stereocenters. The van der Waals surface area contributed by atoms with Gasteiger partial charge in [0.25, 0.3) is 0 Å². The summed E-state index contributed by atoms with van der Waals surface area (Å²) in [5.41, 5.74) is 1.67. The zero-order chi connectivity index (χ0) is 14.4. The number of benzene rings is 1. The molecule has 0 bridgehead atoms. The van der Waals surface area contributed by atoms with Crippen LogP contribution in [-0.4, -0.2) is 29.8 Å². The first-order valence-electron chi connectivity index (χ1n) is 6.33. The van der Waals surface area contributed by atoms with Crippen molar-refractivity contribution in [3.05, 3.63) is 53.6 Å². The fraction of sp³-hybridized carbons (Fsp3) is 0.357. The van der Waals surface area contributed by atoms with Gasteiger partial charge < -0.3 is 14.6 Å². The van der Waals surface area contributed by atoms with Crippen molar-refractivity contribution in [3.8, 4) is 0 Å². The molecule has 0 aliphatic carbocycles. The van der Waals surface area contributed by atoms with Crippen molar-refractivity contribution in [2.45, 2.75) is 13.1 Å². The minimum atomic E-state index is -0.833. The smallest absolute Gasteiger partial charge is 0.159 e. The van der Waals surface area contributed by atoms with Gasteiger partial charge in [0.1, 0.15) is 0 Å². The Morgan fingerprint density at radius 3 is 2.90 bits per heavy atom. The molecule has 1 aromatic heterocycles. The van der Waals surface area contributed by atoms with E-state index in [0.29, 0.717) is 25.3 Å². The number of nitrogens with one attached hydrogen (secondary N) is 1. The number of halogens is 2. The number of rotatable bonds is 7. The van der Waals surface area contributed by atoms with E-state index in [-0.39, 0.29) is 0 Å². The van der Waals surface area contributed by atoms with Crippen LogP contribution in [0.1, 0.15) is 11.3 Å². The molecule has 20 heavy (non-hydrogen) atoms. The van der Waals surface area contributed by atoms with Crippen LogP contribution in [0.5, 0.6) is 0 Å². The van der Waals surface area contributed by atoms with Crippen LogP contribution in [0.3, 0.4) is 0 Å². The Hall–Kier alpha value is -1.79. The van der Waals surface area contributed by atoms with Gasteiger partial charge in [0.15, 0.2) is 11.6 Å². The van der Waals surface area contributed by atoms with E-state index in [9.17, 15) is 8.78 Å². The zero-order valence-electron chi connectivity index (χ0n) is 11.3. The number of imidazole rings is 1. The maximum absolute atomic E-state index is 13.2. The molecule has 0 saturated heterocycles. The summed E-state index contributed by atoms with van der Waals surface area (Å²) in [5.74, 6) is -1.66. The number of hydrogen-bond acceptors (Lipinski definition) is 3. The van der Waals surface area contributed by atoms with Crippen LogP contribution >= 0.6 is 0 Å². The first-order chi connectivity index (χ1) is 9.70. The summed E-state index contributed by atoms with van der Waals surface area (Å²) < 4.78 is 32.9. The van der Waals surface area contributed by atoms with Crippen molar-refractivity contribution in [2.75, 3.05) is 20.3 Å². The summed E-state index contributed by atoms with van der Waals surface area (Å²) in [6, 6.07) is 3.91. The van der Waals surface area contributed by atoms with Gasteiger partial charge in [0, 0.05) is 32.9 Å². The van der Waals surface area contributed by atoms with E-state index in [1.165, 1.54) is 6.07 Å². The van der Waals surface area contributed by atoms with Crippen LogP contribution < -0.4 is 5.32 Å². The quantitative estimate of drug-likeness (QED) is 0.788. The monoisotopic (exact) mass is 281 g/mol. The molecule has 0 aliphatic rings. The minimum absolute atomic E-state index is 0.457. The zero-order valence-corrected chi connectivity index (χ0v) is 11.3. The van der Waals surface area contributed by atoms with Gasteiger partial charge in [-0.25, -0.2) is 13.8 Å². The second-order valence-corrected chi connectivity index (χ2v) is 4.43. The van der Waals surface area contributed by atoms with Gasteiger partial charge >= 0.3 is 0 Å². The van der Waals surface area contributed by atoms with E-state index < -0.39 is 11.6 Å². The van der Waals surface area contributed by atoms with Gasteiger partial charge in [0.05, 0.1) is 18.6 Å². The third-order valence-corrected chi connectivity index (χ3v) is 2.92. The Labute approximate surface area is 116 Å². The average Bonchev–Trinajstić information content (AvgIpc) is 2.86. The molecule has 1 N–H and O–H groups in total. The van der Waals surface area contributed by atoms with E-state index in [4.69, 9.17) is 4.74 Å². The molecule has 108 valence electrons. The first-order valence-corrected chi connectivity index (χ1v) is 6.33. The van der Waals surface area contributed by atoms with Gasteiger partial charge in [0.2, 0.25) is 0 Å². The van der Waals surface area contributed by atoms with Gasteiger partial charge in [-0.15, -0.1) is 0 Å². The first kappa shape index (κ1) is 14.6. The number of methoxy groups -OCH3 is 1. The number of aromatic nitrogens is 2. The standard InChI is InChI=1S/C14H17F2N3O/c1-20-5-4-17-7-12-8-18-10-19(12)9-11-2-3-13(15)14(16)6-11/h2-3,6,8,10,17H,4-5,7,9H2,1H3. The van der Waals surface area contributed by atoms with Crippen molar-refractivity contribution in [1.29, 1.82) is 0 Å². The third kappa shape index (κ3) is 3.85. The topological polar surface area (TPSA) is 39.1 Å². The minimum Gasteiger partial charge on any atom is -0.383 e. The third-order valence-electron chi connectivity index (χ3n) is 2.92. The molecule has 0 unspecified atom stereocenters. The van der Waals surface area contributed by atoms with Crippen LogP contribution in [0.4, 0.5) is 8.78 Å². The Morgan fingerprint density at radius 1 is 1.30 bits per heavy atom. The van der Waals surface area contributed by atoms with Crippen LogP contribution in [0.2, 0.25) is 0 Å². The molecule has 6 heteroatoms. The molecule has 2 aromatic rings. The van der Waals surface area contributed by atoms with Crippen LogP contribution in [-0.2, 0) is 17.8 Å². The number of hydrogen-bond donors (Lipinski definition) is 1. The second kappa shape index (κ2) is 7.12.